The highest BCUT2D eigenvalue weighted by atomic mass is 19.4. The SMILES string of the molecule is O=C(O)CC1CCC(Oc2cnc(-c3ccc(-c4nc5nc(C(F)(F)F)ccc5[nH]4)c(F)c3)cn2)CC1. The molecule has 0 aliphatic heterocycles. The van der Waals surface area contributed by atoms with Crippen LogP contribution in [0.1, 0.15) is 37.8 Å². The highest BCUT2D eigenvalue weighted by Gasteiger charge is 2.33. The van der Waals surface area contributed by atoms with Crippen molar-refractivity contribution in [3.05, 3.63) is 54.2 Å². The van der Waals surface area contributed by atoms with E-state index in [1.807, 2.05) is 0 Å². The molecule has 37 heavy (non-hydrogen) atoms. The van der Waals surface area contributed by atoms with Crippen molar-refractivity contribution in [2.45, 2.75) is 44.4 Å². The molecular formula is C25H21F4N5O3. The minimum absolute atomic E-state index is 0.0544. The number of carbonyl (C=O) groups is 1. The number of aromatic nitrogens is 5. The maximum absolute atomic E-state index is 14.9. The van der Waals surface area contributed by atoms with E-state index in [0.29, 0.717) is 17.1 Å². The summed E-state index contributed by atoms with van der Waals surface area (Å²) >= 11 is 0. The molecular weight excluding hydrogens is 494 g/mol. The van der Waals surface area contributed by atoms with Crippen LogP contribution in [-0.4, -0.2) is 42.1 Å². The molecule has 5 rings (SSSR count). The van der Waals surface area contributed by atoms with E-state index in [2.05, 4.69) is 24.9 Å². The Bertz CT molecular complexity index is 1430. The smallest absolute Gasteiger partial charge is 0.433 e. The van der Waals surface area contributed by atoms with Gasteiger partial charge in [-0.25, -0.2) is 24.3 Å². The van der Waals surface area contributed by atoms with Gasteiger partial charge in [0.2, 0.25) is 5.88 Å². The average molecular weight is 515 g/mol. The first-order valence-electron chi connectivity index (χ1n) is 11.6. The number of carboxylic acids is 1. The van der Waals surface area contributed by atoms with Gasteiger partial charge in [0, 0.05) is 12.0 Å². The van der Waals surface area contributed by atoms with Crippen molar-refractivity contribution in [1.29, 1.82) is 0 Å². The van der Waals surface area contributed by atoms with Crippen LogP contribution >= 0.6 is 0 Å². The molecule has 1 saturated carbocycles. The van der Waals surface area contributed by atoms with Crippen molar-refractivity contribution < 1.29 is 32.2 Å². The quantitative estimate of drug-likeness (QED) is 0.319. The molecule has 3 aromatic heterocycles. The number of hydrogen-bond donors (Lipinski definition) is 2. The number of aliphatic carboxylic acids is 1. The second-order valence-corrected chi connectivity index (χ2v) is 8.94. The molecule has 1 aliphatic rings. The van der Waals surface area contributed by atoms with Crippen LogP contribution in [0, 0.1) is 11.7 Å². The molecule has 1 aliphatic carbocycles. The number of hydrogen-bond acceptors (Lipinski definition) is 6. The van der Waals surface area contributed by atoms with Crippen LogP contribution in [-0.2, 0) is 11.0 Å². The van der Waals surface area contributed by atoms with Gasteiger partial charge in [-0.1, -0.05) is 6.07 Å². The molecule has 8 nitrogen and oxygen atoms in total. The number of nitrogens with one attached hydrogen (secondary N) is 1. The minimum Gasteiger partial charge on any atom is -0.481 e. The Hall–Kier alpha value is -4.09. The number of ether oxygens (including phenoxy) is 1. The van der Waals surface area contributed by atoms with E-state index >= 15 is 0 Å². The van der Waals surface area contributed by atoms with Crippen LogP contribution in [0.3, 0.4) is 0 Å². The summed E-state index contributed by atoms with van der Waals surface area (Å²) < 4.78 is 59.6. The predicted octanol–water partition coefficient (Wildman–Crippen LogP) is 5.65. The van der Waals surface area contributed by atoms with Crippen LogP contribution in [0.25, 0.3) is 33.8 Å². The number of imidazole rings is 1. The minimum atomic E-state index is -4.61. The van der Waals surface area contributed by atoms with Gasteiger partial charge in [0.15, 0.2) is 5.65 Å². The summed E-state index contributed by atoms with van der Waals surface area (Å²) in [6.07, 6.45) is 1.44. The lowest BCUT2D eigenvalue weighted by Crippen LogP contribution is -2.25. The number of carboxylic acid groups (broad SMARTS) is 1. The van der Waals surface area contributed by atoms with Crippen LogP contribution in [0.4, 0.5) is 17.6 Å². The second kappa shape index (κ2) is 9.75. The number of fused-ring (bicyclic) bond motifs is 1. The maximum Gasteiger partial charge on any atom is 0.433 e. The predicted molar refractivity (Wildman–Crippen MR) is 124 cm³/mol. The summed E-state index contributed by atoms with van der Waals surface area (Å²) in [7, 11) is 0. The molecule has 0 spiro atoms. The Morgan fingerprint density at radius 3 is 2.49 bits per heavy atom. The molecule has 4 aromatic rings. The van der Waals surface area contributed by atoms with Crippen LogP contribution < -0.4 is 4.74 Å². The van der Waals surface area contributed by atoms with Gasteiger partial charge in [0.05, 0.1) is 29.2 Å². The molecule has 0 amide bonds. The standard InChI is InChI=1S/C25H21F4N5O3/c26-17-10-14(3-6-16(17)23-32-18-7-8-20(25(27,28)29)33-24(18)34-23)19-11-31-21(12-30-19)37-15-4-1-13(2-5-15)9-22(35)36/h3,6-8,10-13,15H,1-2,4-5,9H2,(H,35,36)(H,32,33,34). The number of aromatic amines is 1. The number of alkyl halides is 3. The van der Waals surface area contributed by atoms with E-state index in [4.69, 9.17) is 9.84 Å². The third-order valence-corrected chi connectivity index (χ3v) is 6.33. The summed E-state index contributed by atoms with van der Waals surface area (Å²) in [5, 5.41) is 8.93. The molecule has 0 radical (unpaired) electrons. The first-order chi connectivity index (χ1) is 17.7. The van der Waals surface area contributed by atoms with Crippen molar-refractivity contribution in [2.24, 2.45) is 5.92 Å². The van der Waals surface area contributed by atoms with Gasteiger partial charge in [0.25, 0.3) is 0 Å². The molecule has 2 N–H and O–H groups in total. The monoisotopic (exact) mass is 515 g/mol. The third-order valence-electron chi connectivity index (χ3n) is 6.33. The van der Waals surface area contributed by atoms with E-state index < -0.39 is 23.7 Å². The topological polar surface area (TPSA) is 114 Å². The lowest BCUT2D eigenvalue weighted by molar-refractivity contribution is -0.141. The van der Waals surface area contributed by atoms with Crippen molar-refractivity contribution in [1.82, 2.24) is 24.9 Å². The van der Waals surface area contributed by atoms with Gasteiger partial charge in [-0.3, -0.25) is 4.79 Å². The first kappa shape index (κ1) is 24.6. The Morgan fingerprint density at radius 2 is 1.84 bits per heavy atom. The normalized spacial score (nSPS) is 18.2. The van der Waals surface area contributed by atoms with Gasteiger partial charge in [-0.15, -0.1) is 0 Å². The Balaban J connectivity index is 1.27. The van der Waals surface area contributed by atoms with Gasteiger partial charge in [-0.2, -0.15) is 13.2 Å². The largest absolute Gasteiger partial charge is 0.481 e. The molecule has 0 saturated heterocycles. The number of pyridine rings is 1. The van der Waals surface area contributed by atoms with Gasteiger partial charge >= 0.3 is 12.1 Å². The molecule has 192 valence electrons. The fraction of sp³-hybridized carbons (Fsp3) is 0.320. The first-order valence-corrected chi connectivity index (χ1v) is 11.6. The molecule has 3 heterocycles. The van der Waals surface area contributed by atoms with Gasteiger partial charge in [0.1, 0.15) is 23.4 Å². The van der Waals surface area contributed by atoms with Crippen molar-refractivity contribution >= 4 is 17.1 Å². The Labute approximate surface area is 207 Å². The zero-order valence-corrected chi connectivity index (χ0v) is 19.3. The fourth-order valence-electron chi connectivity index (χ4n) is 4.44. The number of nitrogens with zero attached hydrogens (tertiary/aromatic N) is 4. The average Bonchev–Trinajstić information content (AvgIpc) is 3.28. The summed E-state index contributed by atoms with van der Waals surface area (Å²) in [6.45, 7) is 0. The van der Waals surface area contributed by atoms with E-state index in [-0.39, 0.29) is 41.0 Å². The van der Waals surface area contributed by atoms with Gasteiger partial charge < -0.3 is 14.8 Å². The molecule has 1 aromatic carbocycles. The van der Waals surface area contributed by atoms with Crippen molar-refractivity contribution in [2.75, 3.05) is 0 Å². The summed E-state index contributed by atoms with van der Waals surface area (Å²) in [5.74, 6) is -0.886. The second-order valence-electron chi connectivity index (χ2n) is 8.94. The molecule has 1 fully saturated rings. The summed E-state index contributed by atoms with van der Waals surface area (Å²) in [4.78, 5) is 29.8. The highest BCUT2D eigenvalue weighted by molar-refractivity contribution is 5.77. The lowest BCUT2D eigenvalue weighted by atomic mass is 9.85. The van der Waals surface area contributed by atoms with E-state index in [0.717, 1.165) is 31.7 Å². The number of H-pyrrole nitrogens is 1. The van der Waals surface area contributed by atoms with E-state index in [1.165, 1.54) is 30.6 Å². The van der Waals surface area contributed by atoms with E-state index in [9.17, 15) is 22.4 Å². The maximum atomic E-state index is 14.9. The Kier molecular flexibility index (Phi) is 6.48. The van der Waals surface area contributed by atoms with E-state index in [1.54, 1.807) is 6.07 Å². The zero-order valence-electron chi connectivity index (χ0n) is 19.3. The number of rotatable bonds is 6. The van der Waals surface area contributed by atoms with Crippen LogP contribution in [0.2, 0.25) is 0 Å². The zero-order chi connectivity index (χ0) is 26.2. The molecule has 12 heteroatoms. The molecule has 0 atom stereocenters. The van der Waals surface area contributed by atoms with Crippen LogP contribution in [0.15, 0.2) is 42.7 Å². The van der Waals surface area contributed by atoms with Crippen LogP contribution in [0.5, 0.6) is 5.88 Å². The van der Waals surface area contributed by atoms with Crippen molar-refractivity contribution in [3.8, 4) is 28.5 Å². The number of benzene rings is 1. The fourth-order valence-corrected chi connectivity index (χ4v) is 4.44. The third kappa shape index (κ3) is 5.52. The summed E-state index contributed by atoms with van der Waals surface area (Å²) in [6, 6.07) is 6.34. The molecule has 0 bridgehead atoms. The lowest BCUT2D eigenvalue weighted by Gasteiger charge is -2.27. The van der Waals surface area contributed by atoms with Crippen molar-refractivity contribution in [3.63, 3.8) is 0 Å². The number of halogens is 4. The van der Waals surface area contributed by atoms with Gasteiger partial charge in [-0.05, 0) is 55.9 Å². The Morgan fingerprint density at radius 1 is 1.05 bits per heavy atom. The highest BCUT2D eigenvalue weighted by Crippen LogP contribution is 2.32. The summed E-state index contributed by atoms with van der Waals surface area (Å²) in [5.41, 5.74) is -0.0620. The molecule has 0 unspecified atom stereocenters.